The predicted octanol–water partition coefficient (Wildman–Crippen LogP) is 4.22. The largest absolute Gasteiger partial charge is 0.417 e. The molecule has 1 aliphatic rings. The lowest BCUT2D eigenvalue weighted by Gasteiger charge is -2.34. The number of hydrogen-bond acceptors (Lipinski definition) is 4. The number of nitrogens with zero attached hydrogens (tertiary/aromatic N) is 3. The molecule has 2 aromatic carbocycles. The van der Waals surface area contributed by atoms with Gasteiger partial charge in [0.2, 0.25) is 0 Å². The Morgan fingerprint density at radius 3 is 2.41 bits per heavy atom. The average Bonchev–Trinajstić information content (AvgIpc) is 3.01. The van der Waals surface area contributed by atoms with Crippen LogP contribution in [-0.2, 0) is 21.2 Å². The molecule has 3 rings (SSSR count). The van der Waals surface area contributed by atoms with Gasteiger partial charge in [0.25, 0.3) is 5.91 Å². The summed E-state index contributed by atoms with van der Waals surface area (Å²) in [5.41, 5.74) is -4.12. The fourth-order valence-electron chi connectivity index (χ4n) is 3.71. The van der Waals surface area contributed by atoms with Crippen molar-refractivity contribution in [2.24, 2.45) is 0 Å². The number of rotatable bonds is 7. The molecule has 2 aromatic rings. The van der Waals surface area contributed by atoms with Crippen LogP contribution in [0.15, 0.2) is 55.1 Å². The maximum Gasteiger partial charge on any atom is 0.417 e. The Hall–Kier alpha value is -4.15. The predicted molar refractivity (Wildman–Crippen MR) is 114 cm³/mol. The quantitative estimate of drug-likeness (QED) is 0.199. The molecule has 0 saturated carbocycles. The molecule has 1 unspecified atom stereocenters. The third-order valence-corrected chi connectivity index (χ3v) is 5.24. The molecule has 0 spiro atoms. The maximum absolute atomic E-state index is 13.8. The van der Waals surface area contributed by atoms with E-state index in [0.717, 1.165) is 29.2 Å². The van der Waals surface area contributed by atoms with Gasteiger partial charge < -0.3 is 4.74 Å². The number of imide groups is 1. The molecule has 1 aliphatic heterocycles. The van der Waals surface area contributed by atoms with Gasteiger partial charge in [0.15, 0.2) is 5.54 Å². The van der Waals surface area contributed by atoms with Crippen LogP contribution in [0.1, 0.15) is 16.7 Å². The number of ether oxygens (including phenoxy) is 1. The average molecular weight is 471 g/mol. The smallest absolute Gasteiger partial charge is 0.374 e. The van der Waals surface area contributed by atoms with Crippen LogP contribution in [-0.4, -0.2) is 36.6 Å². The molecule has 6 nitrogen and oxygen atoms in total. The summed E-state index contributed by atoms with van der Waals surface area (Å²) in [5, 5.41) is 9.05. The maximum atomic E-state index is 13.8. The van der Waals surface area contributed by atoms with E-state index in [-0.39, 0.29) is 12.2 Å². The number of benzene rings is 2. The Kier molecular flexibility index (Phi) is 6.75. The van der Waals surface area contributed by atoms with E-state index in [2.05, 4.69) is 12.5 Å². The van der Waals surface area contributed by atoms with Gasteiger partial charge in [0.05, 0.1) is 42.6 Å². The van der Waals surface area contributed by atoms with E-state index in [1.54, 1.807) is 0 Å². The molecule has 10 heteroatoms. The molecule has 174 valence electrons. The molecule has 1 heterocycles. The Bertz CT molecular complexity index is 1210. The first-order valence-electron chi connectivity index (χ1n) is 9.77. The van der Waals surface area contributed by atoms with E-state index < -0.39 is 59.4 Å². The molecule has 1 saturated heterocycles. The van der Waals surface area contributed by atoms with Gasteiger partial charge in [0, 0.05) is 0 Å². The molecule has 3 amide bonds. The van der Waals surface area contributed by atoms with Gasteiger partial charge in [-0.1, -0.05) is 24.1 Å². The Balaban J connectivity index is 2.23. The van der Waals surface area contributed by atoms with Crippen molar-refractivity contribution < 1.29 is 31.9 Å². The summed E-state index contributed by atoms with van der Waals surface area (Å²) in [6.07, 6.45) is 1.91. The summed E-state index contributed by atoms with van der Waals surface area (Å²) in [6, 6.07) is 7.61. The first-order chi connectivity index (χ1) is 16.1. The van der Waals surface area contributed by atoms with E-state index in [1.165, 1.54) is 24.3 Å². The molecule has 0 bridgehead atoms. The highest BCUT2D eigenvalue weighted by Crippen LogP contribution is 2.42. The molecule has 1 fully saturated rings. The fourth-order valence-corrected chi connectivity index (χ4v) is 3.71. The van der Waals surface area contributed by atoms with Crippen molar-refractivity contribution in [1.29, 1.82) is 5.26 Å². The van der Waals surface area contributed by atoms with Crippen molar-refractivity contribution in [1.82, 2.24) is 4.90 Å². The van der Waals surface area contributed by atoms with Crippen LogP contribution in [0.25, 0.3) is 0 Å². The SMILES string of the molecule is C#CCN1C(=O)N(c2ccc(C#N)c(C(F)(F)F)c2)C(=O)C1(COCC=C)c1ccc(F)cc1. The normalized spacial score (nSPS) is 18.1. The third kappa shape index (κ3) is 4.12. The lowest BCUT2D eigenvalue weighted by Crippen LogP contribution is -2.50. The highest BCUT2D eigenvalue weighted by atomic mass is 19.4. The van der Waals surface area contributed by atoms with Crippen molar-refractivity contribution >= 4 is 17.6 Å². The summed E-state index contributed by atoms with van der Waals surface area (Å²) in [7, 11) is 0. The molecular formula is C24H17F4N3O3. The van der Waals surface area contributed by atoms with Gasteiger partial charge in [-0.25, -0.2) is 14.1 Å². The van der Waals surface area contributed by atoms with Crippen molar-refractivity contribution in [3.05, 3.63) is 77.6 Å². The van der Waals surface area contributed by atoms with Gasteiger partial charge in [-0.3, -0.25) is 9.69 Å². The number of carbonyl (C=O) groups excluding carboxylic acids is 2. The Morgan fingerprint density at radius 1 is 1.18 bits per heavy atom. The minimum atomic E-state index is -4.91. The zero-order valence-corrected chi connectivity index (χ0v) is 17.6. The van der Waals surface area contributed by atoms with E-state index >= 15 is 0 Å². The summed E-state index contributed by atoms with van der Waals surface area (Å²) in [6.45, 7) is 2.70. The van der Waals surface area contributed by atoms with Gasteiger partial charge in [-0.15, -0.1) is 13.0 Å². The first kappa shape index (κ1) is 24.5. The highest BCUT2D eigenvalue weighted by Gasteiger charge is 2.59. The molecular weight excluding hydrogens is 454 g/mol. The van der Waals surface area contributed by atoms with Crippen molar-refractivity contribution in [2.75, 3.05) is 24.7 Å². The van der Waals surface area contributed by atoms with Crippen LogP contribution in [0.3, 0.4) is 0 Å². The van der Waals surface area contributed by atoms with Crippen LogP contribution in [0.5, 0.6) is 0 Å². The minimum Gasteiger partial charge on any atom is -0.374 e. The van der Waals surface area contributed by atoms with E-state index in [9.17, 15) is 27.2 Å². The summed E-state index contributed by atoms with van der Waals surface area (Å²) >= 11 is 0. The second-order valence-electron chi connectivity index (χ2n) is 7.22. The summed E-state index contributed by atoms with van der Waals surface area (Å²) in [4.78, 5) is 28.7. The molecule has 0 N–H and O–H groups in total. The summed E-state index contributed by atoms with van der Waals surface area (Å²) < 4.78 is 59.7. The van der Waals surface area contributed by atoms with E-state index in [0.29, 0.717) is 11.0 Å². The zero-order chi connectivity index (χ0) is 25.1. The zero-order valence-electron chi connectivity index (χ0n) is 17.6. The van der Waals surface area contributed by atoms with E-state index in [1.807, 2.05) is 0 Å². The van der Waals surface area contributed by atoms with Crippen molar-refractivity contribution in [2.45, 2.75) is 11.7 Å². The van der Waals surface area contributed by atoms with Crippen LogP contribution in [0.4, 0.5) is 28.0 Å². The second-order valence-corrected chi connectivity index (χ2v) is 7.22. The van der Waals surface area contributed by atoms with Crippen LogP contribution in [0, 0.1) is 29.5 Å². The Labute approximate surface area is 192 Å². The number of hydrogen-bond donors (Lipinski definition) is 0. The molecule has 1 atom stereocenters. The molecule has 0 aromatic heterocycles. The second kappa shape index (κ2) is 9.38. The number of anilines is 1. The standard InChI is InChI=1S/C24H17F4N3O3/c1-3-11-30-22(33)31(19-10-5-16(14-29)20(13-19)24(26,27)28)21(32)23(30,15-34-12-4-2)17-6-8-18(25)9-7-17/h1,4-10,13H,2,11-12,15H2. The van der Waals surface area contributed by atoms with Gasteiger partial charge in [0.1, 0.15) is 5.82 Å². The van der Waals surface area contributed by atoms with Crippen LogP contribution in [0.2, 0.25) is 0 Å². The third-order valence-electron chi connectivity index (χ3n) is 5.24. The number of urea groups is 1. The first-order valence-corrected chi connectivity index (χ1v) is 9.77. The number of amides is 3. The number of alkyl halides is 3. The number of carbonyl (C=O) groups is 2. The van der Waals surface area contributed by atoms with E-state index in [4.69, 9.17) is 16.4 Å². The molecule has 34 heavy (non-hydrogen) atoms. The van der Waals surface area contributed by atoms with Crippen LogP contribution < -0.4 is 4.90 Å². The molecule has 0 aliphatic carbocycles. The minimum absolute atomic E-state index is 0.0105. The van der Waals surface area contributed by atoms with Crippen LogP contribution >= 0.6 is 0 Å². The lowest BCUT2D eigenvalue weighted by molar-refractivity contribution is -0.137. The van der Waals surface area contributed by atoms with Crippen molar-refractivity contribution in [3.8, 4) is 18.4 Å². The topological polar surface area (TPSA) is 73.6 Å². The number of terminal acetylenes is 1. The summed E-state index contributed by atoms with van der Waals surface area (Å²) in [5.74, 6) is 0.716. The number of nitriles is 1. The Morgan fingerprint density at radius 2 is 1.85 bits per heavy atom. The number of halogens is 4. The van der Waals surface area contributed by atoms with Gasteiger partial charge in [-0.05, 0) is 35.9 Å². The van der Waals surface area contributed by atoms with Gasteiger partial charge >= 0.3 is 12.2 Å². The highest BCUT2D eigenvalue weighted by molar-refractivity contribution is 6.23. The molecule has 0 radical (unpaired) electrons. The monoisotopic (exact) mass is 471 g/mol. The van der Waals surface area contributed by atoms with Gasteiger partial charge in [-0.2, -0.15) is 18.4 Å². The van der Waals surface area contributed by atoms with Crippen molar-refractivity contribution in [3.63, 3.8) is 0 Å². The fraction of sp³-hybridized carbons (Fsp3) is 0.208. The lowest BCUT2D eigenvalue weighted by atomic mass is 9.88.